The fraction of sp³-hybridized carbons (Fsp3) is 0.167. The number of benzene rings is 1. The number of rotatable bonds is 3. The van der Waals surface area contributed by atoms with E-state index in [9.17, 15) is 0 Å². The van der Waals surface area contributed by atoms with Gasteiger partial charge in [-0.25, -0.2) is 9.97 Å². The van der Waals surface area contributed by atoms with Crippen LogP contribution in [0.5, 0.6) is 0 Å². The molecular formula is C12H12BrN3S. The van der Waals surface area contributed by atoms with E-state index >= 15 is 0 Å². The molecule has 0 unspecified atom stereocenters. The van der Waals surface area contributed by atoms with Crippen molar-refractivity contribution in [2.24, 2.45) is 0 Å². The van der Waals surface area contributed by atoms with E-state index in [0.717, 1.165) is 21.7 Å². The van der Waals surface area contributed by atoms with Gasteiger partial charge < -0.3 is 5.32 Å². The van der Waals surface area contributed by atoms with Crippen LogP contribution in [0.4, 0.5) is 5.82 Å². The fourth-order valence-electron chi connectivity index (χ4n) is 1.42. The summed E-state index contributed by atoms with van der Waals surface area (Å²) in [5.41, 5.74) is 1.02. The van der Waals surface area contributed by atoms with E-state index in [1.165, 1.54) is 4.90 Å². The lowest BCUT2D eigenvalue weighted by Crippen LogP contribution is -1.97. The molecule has 0 fully saturated rings. The zero-order valence-electron chi connectivity index (χ0n) is 9.57. The first-order valence-corrected chi connectivity index (χ1v) is 7.11. The summed E-state index contributed by atoms with van der Waals surface area (Å²) in [6.45, 7) is 0. The average molecular weight is 310 g/mol. The zero-order valence-corrected chi connectivity index (χ0v) is 12.0. The molecule has 88 valence electrons. The molecular weight excluding hydrogens is 298 g/mol. The summed E-state index contributed by atoms with van der Waals surface area (Å²) in [5.74, 6) is 1.52. The summed E-state index contributed by atoms with van der Waals surface area (Å²) < 4.78 is 0.865. The highest BCUT2D eigenvalue weighted by Gasteiger charge is 2.05. The molecule has 2 aromatic rings. The van der Waals surface area contributed by atoms with E-state index in [1.54, 1.807) is 18.0 Å². The molecule has 1 heterocycles. The van der Waals surface area contributed by atoms with Crippen LogP contribution in [0.15, 0.2) is 39.8 Å². The number of hydrogen-bond acceptors (Lipinski definition) is 4. The Labute approximate surface area is 113 Å². The molecule has 0 radical (unpaired) electrons. The molecule has 0 aliphatic rings. The van der Waals surface area contributed by atoms with Crippen molar-refractivity contribution in [3.63, 3.8) is 0 Å². The van der Waals surface area contributed by atoms with Crippen molar-refractivity contribution >= 4 is 33.5 Å². The number of hydrogen-bond donors (Lipinski definition) is 1. The molecule has 1 N–H and O–H groups in total. The summed E-state index contributed by atoms with van der Waals surface area (Å²) in [5, 5.41) is 3.03. The molecule has 0 aliphatic carbocycles. The molecule has 1 aromatic carbocycles. The molecule has 17 heavy (non-hydrogen) atoms. The van der Waals surface area contributed by atoms with Gasteiger partial charge in [-0.15, -0.1) is 11.8 Å². The first-order valence-electron chi connectivity index (χ1n) is 5.09. The van der Waals surface area contributed by atoms with Crippen molar-refractivity contribution in [3.05, 3.63) is 34.9 Å². The average Bonchev–Trinajstić information content (AvgIpc) is 2.39. The van der Waals surface area contributed by atoms with Crippen molar-refractivity contribution in [3.8, 4) is 11.4 Å². The molecule has 3 nitrogen and oxygen atoms in total. The predicted octanol–water partition coefficient (Wildman–Crippen LogP) is 3.67. The topological polar surface area (TPSA) is 37.8 Å². The van der Waals surface area contributed by atoms with Gasteiger partial charge in [-0.1, -0.05) is 12.1 Å². The van der Waals surface area contributed by atoms with Crippen molar-refractivity contribution in [2.75, 3.05) is 18.6 Å². The lowest BCUT2D eigenvalue weighted by molar-refractivity contribution is 1.15. The smallest absolute Gasteiger partial charge is 0.161 e. The number of halogens is 1. The second-order valence-corrected chi connectivity index (χ2v) is 5.10. The highest BCUT2D eigenvalue weighted by Crippen LogP contribution is 2.24. The standard InChI is InChI=1S/C12H12BrN3S/c1-14-12-10(13)7-15-11(16-12)8-3-5-9(17-2)6-4-8/h3-7H,1-2H3,(H,14,15,16). The van der Waals surface area contributed by atoms with Gasteiger partial charge in [0, 0.05) is 23.7 Å². The minimum Gasteiger partial charge on any atom is -0.372 e. The second-order valence-electron chi connectivity index (χ2n) is 3.37. The van der Waals surface area contributed by atoms with Crippen LogP contribution >= 0.6 is 27.7 Å². The molecule has 1 aromatic heterocycles. The van der Waals surface area contributed by atoms with Crippen LogP contribution in [0.25, 0.3) is 11.4 Å². The fourth-order valence-corrected chi connectivity index (χ4v) is 2.22. The lowest BCUT2D eigenvalue weighted by Gasteiger charge is -2.05. The van der Waals surface area contributed by atoms with Crippen LogP contribution in [-0.2, 0) is 0 Å². The van der Waals surface area contributed by atoms with Crippen molar-refractivity contribution < 1.29 is 0 Å². The first-order chi connectivity index (χ1) is 8.24. The third kappa shape index (κ3) is 2.79. The zero-order chi connectivity index (χ0) is 12.3. The van der Waals surface area contributed by atoms with E-state index in [1.807, 2.05) is 19.2 Å². The number of nitrogens with one attached hydrogen (secondary N) is 1. The second kappa shape index (κ2) is 5.51. The van der Waals surface area contributed by atoms with E-state index in [2.05, 4.69) is 49.6 Å². The van der Waals surface area contributed by atoms with Crippen molar-refractivity contribution in [2.45, 2.75) is 4.90 Å². The third-order valence-corrected chi connectivity index (χ3v) is 3.65. The van der Waals surface area contributed by atoms with Crippen LogP contribution in [0, 0.1) is 0 Å². The monoisotopic (exact) mass is 309 g/mol. The molecule has 0 bridgehead atoms. The van der Waals surface area contributed by atoms with Gasteiger partial charge in [0.15, 0.2) is 5.82 Å². The largest absolute Gasteiger partial charge is 0.372 e. The lowest BCUT2D eigenvalue weighted by atomic mass is 10.2. The van der Waals surface area contributed by atoms with Gasteiger partial charge in [0.1, 0.15) is 5.82 Å². The Kier molecular flexibility index (Phi) is 4.02. The Bertz CT molecular complexity index is 514. The van der Waals surface area contributed by atoms with E-state index in [4.69, 9.17) is 0 Å². The van der Waals surface area contributed by atoms with Gasteiger partial charge in [0.2, 0.25) is 0 Å². The molecule has 2 rings (SSSR count). The minimum atomic E-state index is 0.727. The molecule has 0 aliphatic heterocycles. The molecule has 0 amide bonds. The normalized spacial score (nSPS) is 10.3. The predicted molar refractivity (Wildman–Crippen MR) is 76.5 cm³/mol. The van der Waals surface area contributed by atoms with E-state index < -0.39 is 0 Å². The Balaban J connectivity index is 2.38. The highest BCUT2D eigenvalue weighted by molar-refractivity contribution is 9.10. The van der Waals surface area contributed by atoms with Crippen LogP contribution < -0.4 is 5.32 Å². The number of aromatic nitrogens is 2. The minimum absolute atomic E-state index is 0.727. The molecule has 0 spiro atoms. The maximum atomic E-state index is 4.44. The summed E-state index contributed by atoms with van der Waals surface area (Å²) in [6.07, 6.45) is 3.82. The Morgan fingerprint density at radius 1 is 1.24 bits per heavy atom. The SMILES string of the molecule is CNc1nc(-c2ccc(SC)cc2)ncc1Br. The highest BCUT2D eigenvalue weighted by atomic mass is 79.9. The first kappa shape index (κ1) is 12.4. The molecule has 0 saturated carbocycles. The Morgan fingerprint density at radius 3 is 2.53 bits per heavy atom. The molecule has 0 saturated heterocycles. The van der Waals surface area contributed by atoms with Crippen molar-refractivity contribution in [1.82, 2.24) is 9.97 Å². The van der Waals surface area contributed by atoms with Crippen LogP contribution in [-0.4, -0.2) is 23.3 Å². The van der Waals surface area contributed by atoms with Crippen LogP contribution in [0.2, 0.25) is 0 Å². The number of anilines is 1. The maximum Gasteiger partial charge on any atom is 0.161 e. The third-order valence-electron chi connectivity index (χ3n) is 2.33. The van der Waals surface area contributed by atoms with Gasteiger partial charge in [-0.3, -0.25) is 0 Å². The number of thioether (sulfide) groups is 1. The summed E-state index contributed by atoms with van der Waals surface area (Å²) >= 11 is 5.12. The van der Waals surface area contributed by atoms with Crippen molar-refractivity contribution in [1.29, 1.82) is 0 Å². The van der Waals surface area contributed by atoms with E-state index in [0.29, 0.717) is 0 Å². The Hall–Kier alpha value is -1.07. The maximum absolute atomic E-state index is 4.44. The summed E-state index contributed by atoms with van der Waals surface area (Å²) in [4.78, 5) is 9.98. The summed E-state index contributed by atoms with van der Waals surface area (Å²) in [7, 11) is 1.84. The summed E-state index contributed by atoms with van der Waals surface area (Å²) in [6, 6.07) is 8.22. The van der Waals surface area contributed by atoms with Gasteiger partial charge in [-0.05, 0) is 34.3 Å². The van der Waals surface area contributed by atoms with Gasteiger partial charge in [0.05, 0.1) is 4.47 Å². The van der Waals surface area contributed by atoms with E-state index in [-0.39, 0.29) is 0 Å². The van der Waals surface area contributed by atoms with Gasteiger partial charge in [-0.2, -0.15) is 0 Å². The number of nitrogens with zero attached hydrogens (tertiary/aromatic N) is 2. The molecule has 0 atom stereocenters. The quantitative estimate of drug-likeness (QED) is 0.878. The Morgan fingerprint density at radius 2 is 1.94 bits per heavy atom. The molecule has 5 heteroatoms. The van der Waals surface area contributed by atoms with Crippen LogP contribution in [0.1, 0.15) is 0 Å². The van der Waals surface area contributed by atoms with Gasteiger partial charge >= 0.3 is 0 Å². The van der Waals surface area contributed by atoms with Gasteiger partial charge in [0.25, 0.3) is 0 Å². The van der Waals surface area contributed by atoms with Crippen LogP contribution in [0.3, 0.4) is 0 Å².